The number of rotatable bonds is 4. The van der Waals surface area contributed by atoms with Crippen LogP contribution in [0.25, 0.3) is 6.08 Å². The molecule has 1 N–H and O–H groups in total. The number of nitro groups is 2. The Hall–Kier alpha value is -2.91. The van der Waals surface area contributed by atoms with Gasteiger partial charge in [0.1, 0.15) is 4.87 Å². The van der Waals surface area contributed by atoms with Gasteiger partial charge in [-0.25, -0.2) is 0 Å². The topological polar surface area (TPSA) is 110 Å². The molecule has 2 aliphatic rings. The molecule has 0 aromatic heterocycles. The lowest BCUT2D eigenvalue weighted by Crippen LogP contribution is -2.53. The van der Waals surface area contributed by atoms with Crippen LogP contribution in [0.3, 0.4) is 0 Å². The summed E-state index contributed by atoms with van der Waals surface area (Å²) in [5, 5.41) is 32.1. The molecule has 0 fully saturated rings. The van der Waals surface area contributed by atoms with E-state index in [1.54, 1.807) is 36.0 Å². The number of aliphatic hydroxyl groups is 1. The molecule has 1 spiro atoms. The molecule has 0 bridgehead atoms. The fourth-order valence-corrected chi connectivity index (χ4v) is 5.74. The number of non-ortho nitro benzene ring substituents is 2. The van der Waals surface area contributed by atoms with Gasteiger partial charge in [-0.1, -0.05) is 31.7 Å². The van der Waals surface area contributed by atoms with E-state index in [0.29, 0.717) is 6.54 Å². The number of fused-ring (bicyclic) bond motifs is 2. The summed E-state index contributed by atoms with van der Waals surface area (Å²) in [6.45, 7) is 4.34. The van der Waals surface area contributed by atoms with Crippen LogP contribution < -0.4 is 4.90 Å². The molecule has 0 saturated heterocycles. The molecule has 0 amide bonds. The van der Waals surface area contributed by atoms with Gasteiger partial charge in [0.15, 0.2) is 0 Å². The van der Waals surface area contributed by atoms with Gasteiger partial charge in [-0.3, -0.25) is 20.2 Å². The van der Waals surface area contributed by atoms with E-state index in [2.05, 4.69) is 4.90 Å². The first-order valence-electron chi connectivity index (χ1n) is 9.05. The van der Waals surface area contributed by atoms with Crippen LogP contribution in [0.1, 0.15) is 25.0 Å². The Morgan fingerprint density at radius 3 is 2.38 bits per heavy atom. The van der Waals surface area contributed by atoms with Gasteiger partial charge in [0, 0.05) is 46.8 Å². The van der Waals surface area contributed by atoms with Crippen LogP contribution in [-0.4, -0.2) is 33.0 Å². The molecule has 2 aromatic carbocycles. The SMILES string of the molecule is CC1(C)c2cc([N+](=O)[O-])ccc2N(CCO)[C@@]12C=Cc1cc([N+](=O)[O-])ccc1S2. The second-order valence-corrected chi connectivity index (χ2v) is 8.84. The molecule has 150 valence electrons. The molecule has 0 radical (unpaired) electrons. The summed E-state index contributed by atoms with van der Waals surface area (Å²) in [6, 6.07) is 9.58. The zero-order valence-electron chi connectivity index (χ0n) is 15.9. The highest BCUT2D eigenvalue weighted by molar-refractivity contribution is 8.01. The summed E-state index contributed by atoms with van der Waals surface area (Å²) in [5.41, 5.74) is 1.97. The Labute approximate surface area is 171 Å². The van der Waals surface area contributed by atoms with Crippen LogP contribution in [0.4, 0.5) is 17.1 Å². The normalized spacial score (nSPS) is 21.1. The minimum Gasteiger partial charge on any atom is -0.395 e. The van der Waals surface area contributed by atoms with E-state index in [-0.39, 0.29) is 18.0 Å². The summed E-state index contributed by atoms with van der Waals surface area (Å²) in [5.74, 6) is 0. The minimum atomic E-state index is -0.629. The van der Waals surface area contributed by atoms with E-state index < -0.39 is 20.1 Å². The first-order chi connectivity index (χ1) is 13.7. The molecule has 0 saturated carbocycles. The van der Waals surface area contributed by atoms with E-state index in [9.17, 15) is 25.3 Å². The number of hydrogen-bond acceptors (Lipinski definition) is 7. The average molecular weight is 413 g/mol. The second kappa shape index (κ2) is 6.57. The summed E-state index contributed by atoms with van der Waals surface area (Å²) >= 11 is 1.55. The number of benzene rings is 2. The third kappa shape index (κ3) is 2.72. The molecule has 0 unspecified atom stereocenters. The third-order valence-corrected chi connectivity index (χ3v) is 7.50. The molecule has 1 atom stereocenters. The van der Waals surface area contributed by atoms with Crippen LogP contribution in [0, 0.1) is 20.2 Å². The lowest BCUT2D eigenvalue weighted by Gasteiger charge is -2.47. The highest BCUT2D eigenvalue weighted by Gasteiger charge is 2.57. The molecule has 2 aromatic rings. The summed E-state index contributed by atoms with van der Waals surface area (Å²) < 4.78 is 0. The van der Waals surface area contributed by atoms with E-state index in [4.69, 9.17) is 0 Å². The lowest BCUT2D eigenvalue weighted by atomic mass is 9.79. The van der Waals surface area contributed by atoms with Gasteiger partial charge < -0.3 is 10.0 Å². The number of hydrogen-bond donors (Lipinski definition) is 1. The van der Waals surface area contributed by atoms with E-state index in [0.717, 1.165) is 21.7 Å². The Balaban J connectivity index is 1.87. The maximum atomic E-state index is 11.3. The summed E-state index contributed by atoms with van der Waals surface area (Å²) in [6.07, 6.45) is 3.86. The predicted octanol–water partition coefficient (Wildman–Crippen LogP) is 4.11. The average Bonchev–Trinajstić information content (AvgIpc) is 2.86. The standard InChI is InChI=1S/C20H19N3O5S/c1-19(2)16-12-15(23(27)28)3-5-17(16)21(9-10-24)20(19)8-7-13-11-14(22(25)26)4-6-18(13)29-20/h3-8,11-12,24H,9-10H2,1-2H3/t20-/m1/s1. The van der Waals surface area contributed by atoms with Crippen LogP contribution >= 0.6 is 11.8 Å². The van der Waals surface area contributed by atoms with Crippen LogP contribution in [0.5, 0.6) is 0 Å². The van der Waals surface area contributed by atoms with E-state index >= 15 is 0 Å². The molecule has 8 nitrogen and oxygen atoms in total. The Morgan fingerprint density at radius 2 is 1.72 bits per heavy atom. The van der Waals surface area contributed by atoms with E-state index in [1.165, 1.54) is 12.1 Å². The minimum absolute atomic E-state index is 0.0265. The van der Waals surface area contributed by atoms with Crippen molar-refractivity contribution in [2.24, 2.45) is 0 Å². The molecular weight excluding hydrogens is 394 g/mol. The third-order valence-electron chi connectivity index (χ3n) is 5.73. The molecule has 0 aliphatic carbocycles. The van der Waals surface area contributed by atoms with Crippen molar-refractivity contribution in [1.29, 1.82) is 0 Å². The number of aliphatic hydroxyl groups excluding tert-OH is 1. The van der Waals surface area contributed by atoms with Crippen molar-refractivity contribution in [2.75, 3.05) is 18.1 Å². The maximum absolute atomic E-state index is 11.3. The second-order valence-electron chi connectivity index (χ2n) is 7.57. The van der Waals surface area contributed by atoms with Crippen molar-refractivity contribution in [3.63, 3.8) is 0 Å². The highest BCUT2D eigenvalue weighted by Crippen LogP contribution is 2.61. The van der Waals surface area contributed by atoms with Gasteiger partial charge in [0.05, 0.1) is 16.5 Å². The molecule has 2 heterocycles. The maximum Gasteiger partial charge on any atom is 0.270 e. The van der Waals surface area contributed by atoms with Crippen molar-refractivity contribution >= 4 is 34.9 Å². The van der Waals surface area contributed by atoms with Gasteiger partial charge >= 0.3 is 0 Å². The Kier molecular flexibility index (Phi) is 4.39. The number of nitrogens with zero attached hydrogens (tertiary/aromatic N) is 3. The highest BCUT2D eigenvalue weighted by atomic mass is 32.2. The summed E-state index contributed by atoms with van der Waals surface area (Å²) in [4.78, 5) is 23.9. The Morgan fingerprint density at radius 1 is 1.07 bits per heavy atom. The predicted molar refractivity (Wildman–Crippen MR) is 111 cm³/mol. The van der Waals surface area contributed by atoms with Gasteiger partial charge in [-0.05, 0) is 29.3 Å². The molecule has 4 rings (SSSR count). The van der Waals surface area contributed by atoms with Crippen LogP contribution in [0.15, 0.2) is 47.4 Å². The first kappa shape index (κ1) is 19.4. The fourth-order valence-electron chi connectivity index (χ4n) is 4.23. The number of β-amino-alcohol motifs (C(OH)–C–C–N with tert-alkyl or cyclic N) is 1. The molecule has 29 heavy (non-hydrogen) atoms. The quantitative estimate of drug-likeness (QED) is 0.593. The van der Waals surface area contributed by atoms with Gasteiger partial charge in [0.25, 0.3) is 11.4 Å². The molecule has 9 heteroatoms. The number of thioether (sulfide) groups is 1. The smallest absolute Gasteiger partial charge is 0.270 e. The lowest BCUT2D eigenvalue weighted by molar-refractivity contribution is -0.385. The van der Waals surface area contributed by atoms with E-state index in [1.807, 2.05) is 26.0 Å². The van der Waals surface area contributed by atoms with Gasteiger partial charge in [-0.15, -0.1) is 0 Å². The summed E-state index contributed by atoms with van der Waals surface area (Å²) in [7, 11) is 0. The number of nitro benzene ring substituents is 2. The van der Waals surface area contributed by atoms with Crippen molar-refractivity contribution < 1.29 is 15.0 Å². The van der Waals surface area contributed by atoms with Gasteiger partial charge in [0.2, 0.25) is 0 Å². The largest absolute Gasteiger partial charge is 0.395 e. The molecular formula is C20H19N3O5S. The number of anilines is 1. The van der Waals surface area contributed by atoms with Crippen molar-refractivity contribution in [2.45, 2.75) is 29.0 Å². The zero-order chi connectivity index (χ0) is 21.0. The van der Waals surface area contributed by atoms with Crippen LogP contribution in [0.2, 0.25) is 0 Å². The van der Waals surface area contributed by atoms with Gasteiger partial charge in [-0.2, -0.15) is 0 Å². The van der Waals surface area contributed by atoms with Crippen molar-refractivity contribution in [3.8, 4) is 0 Å². The zero-order valence-corrected chi connectivity index (χ0v) is 16.7. The fraction of sp³-hybridized carbons (Fsp3) is 0.300. The first-order valence-corrected chi connectivity index (χ1v) is 9.87. The monoisotopic (exact) mass is 413 g/mol. The van der Waals surface area contributed by atoms with Crippen molar-refractivity contribution in [3.05, 3.63) is 73.8 Å². The van der Waals surface area contributed by atoms with Crippen molar-refractivity contribution in [1.82, 2.24) is 0 Å². The molecule has 2 aliphatic heterocycles. The van der Waals surface area contributed by atoms with Crippen LogP contribution in [-0.2, 0) is 5.41 Å². The Bertz CT molecular complexity index is 1070.